The number of carbonyl (C=O) groups excluding carboxylic acids is 2. The first-order chi connectivity index (χ1) is 9.02. The Hall–Kier alpha value is -2.26. The molecule has 1 aliphatic heterocycles. The molecule has 1 aromatic carbocycles. The molecule has 1 N–H and O–H groups in total. The maximum absolute atomic E-state index is 13.1. The van der Waals surface area contributed by atoms with Crippen LogP contribution in [-0.2, 0) is 16.1 Å². The number of nitrogens with one attached hydrogen (secondary N) is 1. The summed E-state index contributed by atoms with van der Waals surface area (Å²) in [7, 11) is 1.44. The molecule has 0 saturated carbocycles. The Morgan fingerprint density at radius 1 is 1.53 bits per heavy atom. The Morgan fingerprint density at radius 2 is 2.26 bits per heavy atom. The molecule has 6 heteroatoms. The highest BCUT2D eigenvalue weighted by Gasteiger charge is 2.35. The van der Waals surface area contributed by atoms with Crippen molar-refractivity contribution in [1.29, 1.82) is 5.26 Å². The van der Waals surface area contributed by atoms with Gasteiger partial charge in [0.15, 0.2) is 0 Å². The van der Waals surface area contributed by atoms with E-state index in [1.54, 1.807) is 6.07 Å². The predicted molar refractivity (Wildman–Crippen MR) is 64.1 cm³/mol. The van der Waals surface area contributed by atoms with E-state index in [4.69, 9.17) is 5.26 Å². The van der Waals surface area contributed by atoms with Crippen LogP contribution in [0.5, 0.6) is 0 Å². The van der Waals surface area contributed by atoms with Crippen molar-refractivity contribution in [3.63, 3.8) is 0 Å². The zero-order chi connectivity index (χ0) is 14.0. The Balaban J connectivity index is 2.02. The number of nitriles is 1. The van der Waals surface area contributed by atoms with Gasteiger partial charge in [-0.1, -0.05) is 6.07 Å². The molecule has 0 radical (unpaired) electrons. The van der Waals surface area contributed by atoms with E-state index in [9.17, 15) is 14.0 Å². The van der Waals surface area contributed by atoms with Crippen molar-refractivity contribution >= 4 is 11.8 Å². The molecule has 1 fully saturated rings. The lowest BCUT2D eigenvalue weighted by atomic mass is 10.1. The molecule has 1 aromatic rings. The first-order valence-electron chi connectivity index (χ1n) is 5.75. The number of likely N-dealkylation sites (tertiary alicyclic amines) is 1. The van der Waals surface area contributed by atoms with E-state index in [0.717, 1.165) is 4.90 Å². The van der Waals surface area contributed by atoms with E-state index in [-0.39, 0.29) is 23.8 Å². The van der Waals surface area contributed by atoms with Crippen LogP contribution in [-0.4, -0.2) is 29.8 Å². The molecular formula is C13H12FN3O2. The lowest BCUT2D eigenvalue weighted by Gasteiger charge is -2.11. The minimum absolute atomic E-state index is 0.0368. The van der Waals surface area contributed by atoms with Gasteiger partial charge in [0.25, 0.3) is 0 Å². The van der Waals surface area contributed by atoms with Crippen molar-refractivity contribution in [2.45, 2.75) is 19.0 Å². The van der Waals surface area contributed by atoms with Crippen molar-refractivity contribution < 1.29 is 14.0 Å². The summed E-state index contributed by atoms with van der Waals surface area (Å²) in [6.07, 6.45) is 0.127. The first kappa shape index (κ1) is 13.2. The van der Waals surface area contributed by atoms with Crippen LogP contribution in [0.3, 0.4) is 0 Å². The Labute approximate surface area is 109 Å². The van der Waals surface area contributed by atoms with Gasteiger partial charge < -0.3 is 5.32 Å². The van der Waals surface area contributed by atoms with Crippen molar-refractivity contribution in [2.75, 3.05) is 7.05 Å². The molecule has 0 aromatic heterocycles. The number of hydrogen-bond acceptors (Lipinski definition) is 4. The van der Waals surface area contributed by atoms with E-state index in [2.05, 4.69) is 5.32 Å². The van der Waals surface area contributed by atoms with E-state index < -0.39 is 11.9 Å². The summed E-state index contributed by atoms with van der Waals surface area (Å²) in [5, 5.41) is 11.7. The third-order valence-electron chi connectivity index (χ3n) is 3.09. The molecule has 1 heterocycles. The van der Waals surface area contributed by atoms with Crippen LogP contribution in [0, 0.1) is 17.1 Å². The number of likely N-dealkylation sites (N-methyl/N-ethyl adjacent to an activating group) is 1. The third kappa shape index (κ3) is 2.61. The van der Waals surface area contributed by atoms with E-state index in [1.807, 2.05) is 0 Å². The van der Waals surface area contributed by atoms with Gasteiger partial charge in [0.05, 0.1) is 18.0 Å². The van der Waals surface area contributed by atoms with Gasteiger partial charge in [-0.3, -0.25) is 14.5 Å². The summed E-state index contributed by atoms with van der Waals surface area (Å²) in [5.74, 6) is -1.06. The fraction of sp³-hybridized carbons (Fsp3) is 0.308. The van der Waals surface area contributed by atoms with Crippen LogP contribution < -0.4 is 5.32 Å². The van der Waals surface area contributed by atoms with Gasteiger partial charge >= 0.3 is 0 Å². The average molecular weight is 261 g/mol. The van der Waals surface area contributed by atoms with Gasteiger partial charge in [-0.25, -0.2) is 4.39 Å². The number of nitrogens with zero attached hydrogens (tertiary/aromatic N) is 2. The molecule has 1 saturated heterocycles. The van der Waals surface area contributed by atoms with Gasteiger partial charge in [0.2, 0.25) is 11.8 Å². The Bertz CT molecular complexity index is 580. The quantitative estimate of drug-likeness (QED) is 0.806. The number of amides is 2. The second kappa shape index (κ2) is 5.16. The number of benzene rings is 1. The molecule has 98 valence electrons. The number of imide groups is 1. The second-order valence-corrected chi connectivity index (χ2v) is 4.35. The van der Waals surface area contributed by atoms with Crippen molar-refractivity contribution in [3.8, 4) is 6.07 Å². The maximum atomic E-state index is 13.1. The molecule has 19 heavy (non-hydrogen) atoms. The predicted octanol–water partition coefficient (Wildman–Crippen LogP) is 0.544. The molecule has 1 unspecified atom stereocenters. The number of carbonyl (C=O) groups is 2. The summed E-state index contributed by atoms with van der Waals surface area (Å²) in [6.45, 7) is 0.298. The van der Waals surface area contributed by atoms with E-state index in [0.29, 0.717) is 12.1 Å². The minimum Gasteiger partial charge on any atom is -0.301 e. The summed E-state index contributed by atoms with van der Waals surface area (Å²) < 4.78 is 13.1. The molecule has 0 spiro atoms. The molecule has 1 atom stereocenters. The third-order valence-corrected chi connectivity index (χ3v) is 3.09. The average Bonchev–Trinajstić information content (AvgIpc) is 2.65. The van der Waals surface area contributed by atoms with Crippen molar-refractivity contribution in [1.82, 2.24) is 10.2 Å². The van der Waals surface area contributed by atoms with Gasteiger partial charge in [-0.15, -0.1) is 0 Å². The van der Waals surface area contributed by atoms with Crippen LogP contribution in [0.15, 0.2) is 18.2 Å². The highest BCUT2D eigenvalue weighted by molar-refractivity contribution is 6.05. The Morgan fingerprint density at radius 3 is 2.84 bits per heavy atom. The standard InChI is InChI=1S/C13H12FN3O2/c1-17-12(18)5-11(13(17)19)16-7-8-2-3-10(14)9(4-8)6-15/h2-4,11,16H,5,7H2,1H3. The zero-order valence-corrected chi connectivity index (χ0v) is 10.3. The molecule has 5 nitrogen and oxygen atoms in total. The van der Waals surface area contributed by atoms with Crippen molar-refractivity contribution in [3.05, 3.63) is 35.1 Å². The van der Waals surface area contributed by atoms with E-state index >= 15 is 0 Å². The summed E-state index contributed by atoms with van der Waals surface area (Å²) >= 11 is 0. The monoisotopic (exact) mass is 261 g/mol. The highest BCUT2D eigenvalue weighted by atomic mass is 19.1. The van der Waals surface area contributed by atoms with Gasteiger partial charge in [-0.2, -0.15) is 5.26 Å². The minimum atomic E-state index is -0.571. The molecule has 0 bridgehead atoms. The SMILES string of the molecule is CN1C(=O)CC(NCc2ccc(F)c(C#N)c2)C1=O. The summed E-state index contributed by atoms with van der Waals surface area (Å²) in [6, 6.07) is 5.38. The molecule has 2 rings (SSSR count). The largest absolute Gasteiger partial charge is 0.301 e. The van der Waals surface area contributed by atoms with Gasteiger partial charge in [0, 0.05) is 13.6 Å². The molecule has 2 amide bonds. The number of halogens is 1. The van der Waals surface area contributed by atoms with Gasteiger partial charge in [-0.05, 0) is 17.7 Å². The summed E-state index contributed by atoms with van der Waals surface area (Å²) in [4.78, 5) is 24.1. The van der Waals surface area contributed by atoms with E-state index in [1.165, 1.54) is 25.2 Å². The molecule has 1 aliphatic rings. The summed E-state index contributed by atoms with van der Waals surface area (Å²) in [5.41, 5.74) is 0.651. The van der Waals surface area contributed by atoms with Crippen molar-refractivity contribution in [2.24, 2.45) is 0 Å². The number of hydrogen-bond donors (Lipinski definition) is 1. The fourth-order valence-electron chi connectivity index (χ4n) is 1.92. The fourth-order valence-corrected chi connectivity index (χ4v) is 1.92. The maximum Gasteiger partial charge on any atom is 0.246 e. The lowest BCUT2D eigenvalue weighted by molar-refractivity contribution is -0.137. The second-order valence-electron chi connectivity index (χ2n) is 4.35. The zero-order valence-electron chi connectivity index (χ0n) is 10.3. The smallest absolute Gasteiger partial charge is 0.246 e. The van der Waals surface area contributed by atoms with Gasteiger partial charge in [0.1, 0.15) is 11.9 Å². The van der Waals surface area contributed by atoms with Crippen LogP contribution in [0.1, 0.15) is 17.5 Å². The van der Waals surface area contributed by atoms with Crippen LogP contribution in [0.2, 0.25) is 0 Å². The number of rotatable bonds is 3. The first-order valence-corrected chi connectivity index (χ1v) is 5.75. The topological polar surface area (TPSA) is 73.2 Å². The lowest BCUT2D eigenvalue weighted by Crippen LogP contribution is -2.36. The molecule has 0 aliphatic carbocycles. The normalized spacial score (nSPS) is 18.8. The highest BCUT2D eigenvalue weighted by Crippen LogP contribution is 2.13. The van der Waals surface area contributed by atoms with Crippen LogP contribution in [0.4, 0.5) is 4.39 Å². The van der Waals surface area contributed by atoms with Crippen LogP contribution >= 0.6 is 0 Å². The Kier molecular flexibility index (Phi) is 3.58. The molecular weight excluding hydrogens is 249 g/mol. The van der Waals surface area contributed by atoms with Crippen LogP contribution in [0.25, 0.3) is 0 Å².